The standard InChI is InChI=1S/C17H18N4O2.C16H16N4O2.2C16H19N4.C13H16N8O2.C12H17N8.Na/c1-20-12-4-3-5-16(20)11-8-14-6-9-15(10-7-14)18-19-21(2)13-17(22)23;1-19-11-9-14(10-12-19)4-3-13-5-7-15(8-6-13)17-18-20(2)16(21)22;1-19(2)18-17-16-8-6-14(7-9-16)4-5-15-10-12-20(3)13-11-15;1-19(2)18-17-15-10-7-14(8-11-15)9-12-16-6-4-5-13-20(16)3;1-19-9-14-21(3)13(19)17-15-10-4-6-11(7-5-10)16-18-20(2)8-12(22)23;1-18(2)17-15-11-7-5-10(6-8-11)14-16-12-19(3)9-13-20(12)4;/h3-12H,13H2,1-2H3;3-12H,1-2H3;2*4-13H,1-3H3;4-7,9H,8H2,1-3H3;5-9H,1-4H3;/q;;2*+1;;2*+1. The van der Waals surface area contributed by atoms with Gasteiger partial charge in [-0.2, -0.15) is 0 Å². The van der Waals surface area contributed by atoms with Crippen LogP contribution in [0.2, 0.25) is 0 Å². The average molecular weight is 1750 g/mol. The van der Waals surface area contributed by atoms with Gasteiger partial charge in [-0.05, 0) is 165 Å². The number of carboxylic acids is 2. The van der Waals surface area contributed by atoms with Crippen LogP contribution < -0.4 is 72.3 Å². The number of hydrogen-bond acceptors (Lipinski definition) is 24. The zero-order valence-corrected chi connectivity index (χ0v) is 77.5. The van der Waals surface area contributed by atoms with Crippen molar-refractivity contribution < 1.29 is 86.7 Å². The van der Waals surface area contributed by atoms with E-state index < -0.39 is 18.0 Å². The molecule has 39 heteroatoms. The van der Waals surface area contributed by atoms with E-state index >= 15 is 0 Å². The molecule has 0 N–H and O–H groups in total. The molecule has 0 aliphatic rings. The van der Waals surface area contributed by atoms with Gasteiger partial charge in [0.2, 0.25) is 24.0 Å². The van der Waals surface area contributed by atoms with Gasteiger partial charge in [0.05, 0.1) is 98.7 Å². The Balaban J connectivity index is 0.000000238. The number of carbonyl (C=O) groups is 3. The maximum atomic E-state index is 10.5. The molecule has 658 valence electrons. The molecule has 0 saturated carbocycles. The quantitative estimate of drug-likeness (QED) is 0.0191. The fraction of sp³-hybridized carbons (Fsp3) is 0.211. The van der Waals surface area contributed by atoms with Crippen molar-refractivity contribution in [2.24, 2.45) is 139 Å². The fourth-order valence-corrected chi connectivity index (χ4v) is 9.91. The minimum absolute atomic E-state index is 0. The van der Waals surface area contributed by atoms with Crippen LogP contribution in [0.25, 0.3) is 48.6 Å². The SMILES string of the molecule is CN(C)N=Nc1ccc(/C=C/c2cc[n+](C)cc2)cc1.CN(C)N=Nc1ccc(/C=C/c2cccc[n+]2C)cc1.CN(C)N=Nc1ccc(N=Nc2n(C)nc[n+]2C)cc1.CN(CC(=O)[O-])N=Nc1ccc(/C=C/c2cccc[n+]2C)cc1.CN(CC(=O)[O-])N=Nc1ccc(N=Nc2n(C)nc[n+]2C)cc1.CN(N=Nc1ccc(/C=C/c2cc[n+](C)cc2)cc1)C(=O)[O-].[Na+]. The third kappa shape index (κ3) is 40.1. The van der Waals surface area contributed by atoms with Crippen molar-refractivity contribution in [2.45, 2.75) is 0 Å². The van der Waals surface area contributed by atoms with Gasteiger partial charge in [-0.1, -0.05) is 114 Å². The molecule has 0 unspecified atom stereocenters. The molecule has 0 aliphatic carbocycles. The monoisotopic (exact) mass is 1750 g/mol. The summed E-state index contributed by atoms with van der Waals surface area (Å²) in [4.78, 5) is 31.3. The molecule has 129 heavy (non-hydrogen) atoms. The summed E-state index contributed by atoms with van der Waals surface area (Å²) in [5.41, 5.74) is 14.5. The predicted octanol–water partition coefficient (Wildman–Crippen LogP) is 9.37. The molecule has 0 saturated heterocycles. The number of benzene rings is 6. The zero-order chi connectivity index (χ0) is 92.7. The van der Waals surface area contributed by atoms with Crippen LogP contribution in [-0.4, -0.2) is 144 Å². The summed E-state index contributed by atoms with van der Waals surface area (Å²) < 4.78 is 14.9. The molecule has 6 heterocycles. The van der Waals surface area contributed by atoms with Gasteiger partial charge >= 0.3 is 41.5 Å². The summed E-state index contributed by atoms with van der Waals surface area (Å²) in [5.74, 6) is -1.13. The van der Waals surface area contributed by atoms with Gasteiger partial charge in [-0.3, -0.25) is 25.0 Å². The Kier molecular flexibility index (Phi) is 43.3. The van der Waals surface area contributed by atoms with Crippen molar-refractivity contribution in [2.75, 3.05) is 76.5 Å². The number of rotatable bonds is 28. The molecule has 0 aliphatic heterocycles. The van der Waals surface area contributed by atoms with Crippen molar-refractivity contribution in [1.82, 2.24) is 49.6 Å². The third-order valence-electron chi connectivity index (χ3n) is 16.7. The molecular formula is C90H105N32NaO6+4. The van der Waals surface area contributed by atoms with E-state index in [2.05, 4.69) is 140 Å². The van der Waals surface area contributed by atoms with E-state index in [1.807, 2.05) is 318 Å². The Morgan fingerprint density at radius 2 is 0.558 bits per heavy atom. The van der Waals surface area contributed by atoms with Crippen molar-refractivity contribution in [3.05, 3.63) is 301 Å². The Labute approximate surface area is 771 Å². The molecule has 0 radical (unpaired) electrons. The number of azo groups is 2. The Morgan fingerprint density at radius 1 is 0.310 bits per heavy atom. The summed E-state index contributed by atoms with van der Waals surface area (Å²) in [7, 11) is 30.6. The largest absolute Gasteiger partial charge is 1.00 e. The number of aryl methyl sites for hydroxylation is 8. The Bertz CT molecular complexity index is 5820. The number of aliphatic carboxylic acids is 2. The first kappa shape index (κ1) is 102. The maximum Gasteiger partial charge on any atom is 1.00 e. The molecule has 6 aromatic carbocycles. The number of carbonyl (C=O) groups excluding carboxylic acids is 3. The van der Waals surface area contributed by atoms with E-state index in [9.17, 15) is 29.7 Å². The van der Waals surface area contributed by atoms with Gasteiger partial charge < -0.3 is 29.7 Å². The summed E-state index contributed by atoms with van der Waals surface area (Å²) in [6, 6.07) is 65.3. The summed E-state index contributed by atoms with van der Waals surface area (Å²) in [6.07, 6.45) is 30.4. The molecule has 1 amide bonds. The summed E-state index contributed by atoms with van der Waals surface area (Å²) in [5, 5.41) is 111. The zero-order valence-electron chi connectivity index (χ0n) is 75.5. The molecule has 6 aromatic heterocycles. The smallest absolute Gasteiger partial charge is 0.548 e. The van der Waals surface area contributed by atoms with Gasteiger partial charge in [0.1, 0.15) is 28.2 Å². The molecular weight excluding hydrogens is 1650 g/mol. The van der Waals surface area contributed by atoms with Crippen LogP contribution in [0.3, 0.4) is 0 Å². The van der Waals surface area contributed by atoms with Crippen molar-refractivity contribution in [3.63, 3.8) is 0 Å². The Morgan fingerprint density at radius 3 is 0.806 bits per heavy atom. The molecule has 0 bridgehead atoms. The average Bonchev–Trinajstić information content (AvgIpc) is 1.73. The number of hydrogen-bond donors (Lipinski definition) is 0. The molecule has 0 spiro atoms. The first-order chi connectivity index (χ1) is 61.4. The van der Waals surface area contributed by atoms with E-state index in [1.54, 1.807) is 89.6 Å². The van der Waals surface area contributed by atoms with Crippen LogP contribution >= 0.6 is 0 Å². The number of aromatic nitrogens is 10. The molecule has 38 nitrogen and oxygen atoms in total. The van der Waals surface area contributed by atoms with Crippen molar-refractivity contribution >= 4 is 124 Å². The number of amides is 1. The molecule has 0 fully saturated rings. The van der Waals surface area contributed by atoms with Crippen LogP contribution in [0.5, 0.6) is 0 Å². The minimum Gasteiger partial charge on any atom is -0.548 e. The van der Waals surface area contributed by atoms with Crippen LogP contribution in [-0.2, 0) is 66.0 Å². The van der Waals surface area contributed by atoms with Crippen LogP contribution in [0.4, 0.5) is 62.2 Å². The number of carboxylic acid groups (broad SMARTS) is 3. The maximum absolute atomic E-state index is 10.5. The second kappa shape index (κ2) is 54.7. The van der Waals surface area contributed by atoms with E-state index in [0.29, 0.717) is 39.7 Å². The summed E-state index contributed by atoms with van der Waals surface area (Å²) in [6.45, 7) is -0.615. The Hall–Kier alpha value is -15.8. The van der Waals surface area contributed by atoms with Gasteiger partial charge in [-0.15, -0.1) is 40.0 Å². The van der Waals surface area contributed by atoms with E-state index in [-0.39, 0.29) is 42.6 Å². The van der Waals surface area contributed by atoms with E-state index in [0.717, 1.165) is 62.0 Å². The fourth-order valence-electron chi connectivity index (χ4n) is 9.91. The van der Waals surface area contributed by atoms with Gasteiger partial charge in [0.15, 0.2) is 43.3 Å². The van der Waals surface area contributed by atoms with Crippen LogP contribution in [0, 0.1) is 0 Å². The van der Waals surface area contributed by atoms with Gasteiger partial charge in [0.25, 0.3) is 0 Å². The summed E-state index contributed by atoms with van der Waals surface area (Å²) >= 11 is 0. The second-order valence-corrected chi connectivity index (χ2v) is 28.4. The van der Waals surface area contributed by atoms with E-state index in [1.165, 1.54) is 36.7 Å². The molecule has 0 atom stereocenters. The molecule has 12 rings (SSSR count). The normalized spacial score (nSPS) is 11.3. The predicted molar refractivity (Wildman–Crippen MR) is 479 cm³/mol. The van der Waals surface area contributed by atoms with Crippen LogP contribution in [0.1, 0.15) is 44.8 Å². The first-order valence-electron chi connectivity index (χ1n) is 39.4. The van der Waals surface area contributed by atoms with Gasteiger partial charge in [-0.25, -0.2) is 32.4 Å². The third-order valence-corrected chi connectivity index (χ3v) is 16.7. The number of likely N-dealkylation sites (N-methyl/N-ethyl adjacent to an activating group) is 2. The first-order valence-corrected chi connectivity index (χ1v) is 39.4. The molecule has 12 aromatic rings. The van der Waals surface area contributed by atoms with Crippen molar-refractivity contribution in [1.29, 1.82) is 0 Å². The topological polar surface area (TPSA) is 397 Å². The van der Waals surface area contributed by atoms with Crippen molar-refractivity contribution in [3.8, 4) is 0 Å². The van der Waals surface area contributed by atoms with Gasteiger partial charge in [0, 0.05) is 134 Å². The number of nitrogens with zero attached hydrogens (tertiary/aromatic N) is 32. The second-order valence-electron chi connectivity index (χ2n) is 28.4. The minimum atomic E-state index is -1.40. The van der Waals surface area contributed by atoms with E-state index in [4.69, 9.17) is 0 Å². The van der Waals surface area contributed by atoms with Crippen LogP contribution in [0.15, 0.2) is 339 Å². The number of pyridine rings is 4.